The fraction of sp³-hybridized carbons (Fsp3) is 0.385. The number of carbonyl (C=O) groups excluding carboxylic acids is 1. The fourth-order valence-electron chi connectivity index (χ4n) is 2.61. The SMILES string of the molecule is Cn1cc2c([C@@H]3CC3CNC=O)c(F)ccc2n1. The molecule has 1 N–H and O–H groups in total. The molecule has 94 valence electrons. The maximum Gasteiger partial charge on any atom is 0.207 e. The Balaban J connectivity index is 1.96. The van der Waals surface area contributed by atoms with Crippen LogP contribution in [-0.4, -0.2) is 22.7 Å². The van der Waals surface area contributed by atoms with Crippen molar-refractivity contribution < 1.29 is 9.18 Å². The number of hydrogen-bond acceptors (Lipinski definition) is 2. The van der Waals surface area contributed by atoms with Gasteiger partial charge >= 0.3 is 0 Å². The highest BCUT2D eigenvalue weighted by molar-refractivity contribution is 5.83. The minimum atomic E-state index is -0.172. The van der Waals surface area contributed by atoms with Crippen LogP contribution in [0, 0.1) is 11.7 Å². The summed E-state index contributed by atoms with van der Waals surface area (Å²) in [5, 5.41) is 7.83. The number of nitrogens with one attached hydrogen (secondary N) is 1. The number of hydrogen-bond donors (Lipinski definition) is 1. The summed E-state index contributed by atoms with van der Waals surface area (Å²) >= 11 is 0. The molecule has 1 aromatic carbocycles. The number of halogens is 1. The van der Waals surface area contributed by atoms with Gasteiger partial charge in [-0.3, -0.25) is 9.48 Å². The highest BCUT2D eigenvalue weighted by Crippen LogP contribution is 2.49. The molecule has 1 saturated carbocycles. The van der Waals surface area contributed by atoms with E-state index in [0.29, 0.717) is 18.9 Å². The van der Waals surface area contributed by atoms with Crippen LogP contribution in [0.15, 0.2) is 18.3 Å². The second-order valence-electron chi connectivity index (χ2n) is 4.83. The second kappa shape index (κ2) is 4.08. The van der Waals surface area contributed by atoms with Gasteiger partial charge in [0, 0.05) is 30.7 Å². The number of aryl methyl sites for hydroxylation is 1. The highest BCUT2D eigenvalue weighted by Gasteiger charge is 2.40. The molecule has 2 atom stereocenters. The predicted octanol–water partition coefficient (Wildman–Crippen LogP) is 1.56. The first kappa shape index (κ1) is 11.2. The number of rotatable bonds is 4. The van der Waals surface area contributed by atoms with Crippen LogP contribution in [-0.2, 0) is 11.8 Å². The van der Waals surface area contributed by atoms with E-state index in [4.69, 9.17) is 0 Å². The van der Waals surface area contributed by atoms with Crippen molar-refractivity contribution in [3.8, 4) is 0 Å². The van der Waals surface area contributed by atoms with Crippen molar-refractivity contribution in [2.75, 3.05) is 6.54 Å². The number of aromatic nitrogens is 2. The Hall–Kier alpha value is -1.91. The van der Waals surface area contributed by atoms with Crippen LogP contribution in [0.25, 0.3) is 10.9 Å². The summed E-state index contributed by atoms with van der Waals surface area (Å²) in [5.41, 5.74) is 1.57. The Labute approximate surface area is 104 Å². The van der Waals surface area contributed by atoms with E-state index < -0.39 is 0 Å². The second-order valence-corrected chi connectivity index (χ2v) is 4.83. The maximum absolute atomic E-state index is 14.0. The first-order valence-electron chi connectivity index (χ1n) is 5.99. The molecular formula is C13H14FN3O. The topological polar surface area (TPSA) is 46.9 Å². The maximum atomic E-state index is 14.0. The van der Waals surface area contributed by atoms with Crippen molar-refractivity contribution in [1.82, 2.24) is 15.1 Å². The van der Waals surface area contributed by atoms with E-state index in [1.165, 1.54) is 6.07 Å². The third-order valence-electron chi connectivity index (χ3n) is 3.55. The molecule has 2 aromatic rings. The van der Waals surface area contributed by atoms with E-state index in [2.05, 4.69) is 10.4 Å². The predicted molar refractivity (Wildman–Crippen MR) is 65.6 cm³/mol. The summed E-state index contributed by atoms with van der Waals surface area (Å²) in [6.07, 6.45) is 3.47. The zero-order valence-electron chi connectivity index (χ0n) is 10.1. The number of amides is 1. The molecule has 0 spiro atoms. The van der Waals surface area contributed by atoms with Crippen molar-refractivity contribution in [2.24, 2.45) is 13.0 Å². The van der Waals surface area contributed by atoms with Gasteiger partial charge in [0.2, 0.25) is 6.41 Å². The molecular weight excluding hydrogens is 233 g/mol. The summed E-state index contributed by atoms with van der Waals surface area (Å²) in [5.74, 6) is 0.370. The Morgan fingerprint density at radius 3 is 3.22 bits per heavy atom. The van der Waals surface area contributed by atoms with Crippen LogP contribution >= 0.6 is 0 Å². The van der Waals surface area contributed by atoms with E-state index in [1.54, 1.807) is 10.7 Å². The van der Waals surface area contributed by atoms with E-state index in [0.717, 1.165) is 22.9 Å². The minimum Gasteiger partial charge on any atom is -0.358 e. The van der Waals surface area contributed by atoms with Gasteiger partial charge < -0.3 is 5.32 Å². The molecule has 0 radical (unpaired) electrons. The van der Waals surface area contributed by atoms with Gasteiger partial charge in [0.25, 0.3) is 0 Å². The van der Waals surface area contributed by atoms with Gasteiger partial charge in [-0.15, -0.1) is 0 Å². The van der Waals surface area contributed by atoms with E-state index in [-0.39, 0.29) is 11.7 Å². The highest BCUT2D eigenvalue weighted by atomic mass is 19.1. The average Bonchev–Trinajstić information content (AvgIpc) is 2.99. The molecule has 0 saturated heterocycles. The first-order chi connectivity index (χ1) is 8.70. The lowest BCUT2D eigenvalue weighted by atomic mass is 10.0. The number of fused-ring (bicyclic) bond motifs is 1. The van der Waals surface area contributed by atoms with Crippen LogP contribution in [0.2, 0.25) is 0 Å². The van der Waals surface area contributed by atoms with Gasteiger partial charge in [-0.05, 0) is 30.4 Å². The van der Waals surface area contributed by atoms with Gasteiger partial charge in [-0.1, -0.05) is 0 Å². The summed E-state index contributed by atoms with van der Waals surface area (Å²) in [7, 11) is 1.83. The largest absolute Gasteiger partial charge is 0.358 e. The molecule has 1 aromatic heterocycles. The lowest BCUT2D eigenvalue weighted by Gasteiger charge is -2.04. The lowest BCUT2D eigenvalue weighted by Crippen LogP contribution is -2.14. The molecule has 1 aliphatic rings. The average molecular weight is 247 g/mol. The molecule has 1 aliphatic carbocycles. The molecule has 5 heteroatoms. The van der Waals surface area contributed by atoms with Crippen molar-refractivity contribution in [3.63, 3.8) is 0 Å². The Morgan fingerprint density at radius 1 is 1.61 bits per heavy atom. The van der Waals surface area contributed by atoms with E-state index in [9.17, 15) is 9.18 Å². The van der Waals surface area contributed by atoms with Crippen LogP contribution in [0.4, 0.5) is 4.39 Å². The van der Waals surface area contributed by atoms with Gasteiger partial charge in [0.15, 0.2) is 0 Å². The number of nitrogens with zero attached hydrogens (tertiary/aromatic N) is 2. The standard InChI is InChI=1S/C13H14FN3O/c1-17-6-10-12(16-17)3-2-11(14)13(10)9-4-8(9)5-15-7-18/h2-3,6-9H,4-5H2,1H3,(H,15,18)/t8?,9-/m1/s1. The van der Waals surface area contributed by atoms with Gasteiger partial charge in [-0.25, -0.2) is 4.39 Å². The van der Waals surface area contributed by atoms with Crippen LogP contribution in [0.3, 0.4) is 0 Å². The summed E-state index contributed by atoms with van der Waals surface area (Å²) in [6, 6.07) is 3.18. The van der Waals surface area contributed by atoms with Crippen molar-refractivity contribution in [2.45, 2.75) is 12.3 Å². The van der Waals surface area contributed by atoms with Crippen LogP contribution in [0.5, 0.6) is 0 Å². The first-order valence-corrected chi connectivity index (χ1v) is 5.99. The Kier molecular flexibility index (Phi) is 2.54. The fourth-order valence-corrected chi connectivity index (χ4v) is 2.61. The molecule has 3 rings (SSSR count). The Morgan fingerprint density at radius 2 is 2.44 bits per heavy atom. The smallest absolute Gasteiger partial charge is 0.207 e. The monoisotopic (exact) mass is 247 g/mol. The van der Waals surface area contributed by atoms with Crippen LogP contribution < -0.4 is 5.32 Å². The summed E-state index contributed by atoms with van der Waals surface area (Å²) in [6.45, 7) is 0.615. The number of carbonyl (C=O) groups is 1. The third-order valence-corrected chi connectivity index (χ3v) is 3.55. The van der Waals surface area contributed by atoms with E-state index in [1.807, 2.05) is 13.2 Å². The molecule has 1 amide bonds. The van der Waals surface area contributed by atoms with Crippen molar-refractivity contribution >= 4 is 17.3 Å². The van der Waals surface area contributed by atoms with Crippen molar-refractivity contribution in [3.05, 3.63) is 29.7 Å². The van der Waals surface area contributed by atoms with Gasteiger partial charge in [0.1, 0.15) is 5.82 Å². The molecule has 1 fully saturated rings. The molecule has 0 aliphatic heterocycles. The van der Waals surface area contributed by atoms with E-state index >= 15 is 0 Å². The Bertz CT molecular complexity index is 608. The van der Waals surface area contributed by atoms with Crippen molar-refractivity contribution in [1.29, 1.82) is 0 Å². The molecule has 0 bridgehead atoms. The summed E-state index contributed by atoms with van der Waals surface area (Å²) in [4.78, 5) is 10.3. The summed E-state index contributed by atoms with van der Waals surface area (Å²) < 4.78 is 15.7. The lowest BCUT2D eigenvalue weighted by molar-refractivity contribution is -0.109. The third kappa shape index (κ3) is 1.75. The quantitative estimate of drug-likeness (QED) is 0.833. The molecule has 18 heavy (non-hydrogen) atoms. The normalized spacial score (nSPS) is 22.1. The molecule has 4 nitrogen and oxygen atoms in total. The number of benzene rings is 1. The zero-order valence-corrected chi connectivity index (χ0v) is 10.1. The van der Waals surface area contributed by atoms with Gasteiger partial charge in [-0.2, -0.15) is 5.10 Å². The molecule has 1 heterocycles. The van der Waals surface area contributed by atoms with Gasteiger partial charge in [0.05, 0.1) is 5.52 Å². The zero-order chi connectivity index (χ0) is 12.7. The molecule has 1 unspecified atom stereocenters. The minimum absolute atomic E-state index is 0.172. The van der Waals surface area contributed by atoms with Crippen LogP contribution in [0.1, 0.15) is 17.9 Å².